The second kappa shape index (κ2) is 8.81. The first-order valence-electron chi connectivity index (χ1n) is 9.34. The predicted molar refractivity (Wildman–Crippen MR) is 102 cm³/mol. The molecule has 26 heavy (non-hydrogen) atoms. The molecule has 5 nitrogen and oxygen atoms in total. The molecule has 1 fully saturated rings. The van der Waals surface area contributed by atoms with E-state index >= 15 is 0 Å². The van der Waals surface area contributed by atoms with Gasteiger partial charge in [-0.05, 0) is 50.6 Å². The Bertz CT molecular complexity index is 748. The number of aromatic nitrogens is 1. The van der Waals surface area contributed by atoms with Crippen LogP contribution < -0.4 is 10.1 Å². The molecule has 1 aromatic heterocycles. The first-order valence-corrected chi connectivity index (χ1v) is 9.34. The first-order chi connectivity index (χ1) is 12.7. The third kappa shape index (κ3) is 4.61. The molecular formula is C21H27N3O2. The minimum atomic E-state index is 0.0705. The van der Waals surface area contributed by atoms with Crippen LogP contribution >= 0.6 is 0 Å². The van der Waals surface area contributed by atoms with Crippen molar-refractivity contribution >= 4 is 5.91 Å². The normalized spacial score (nSPS) is 17.7. The lowest BCUT2D eigenvalue weighted by molar-refractivity contribution is -0.126. The lowest BCUT2D eigenvalue weighted by atomic mass is 9.97. The van der Waals surface area contributed by atoms with Crippen molar-refractivity contribution in [3.05, 3.63) is 53.7 Å². The van der Waals surface area contributed by atoms with E-state index in [-0.39, 0.29) is 11.8 Å². The zero-order chi connectivity index (χ0) is 18.4. The van der Waals surface area contributed by atoms with Crippen LogP contribution in [0.25, 0.3) is 0 Å². The Labute approximate surface area is 155 Å². The lowest BCUT2D eigenvalue weighted by Gasteiger charge is -2.31. The van der Waals surface area contributed by atoms with Gasteiger partial charge in [-0.25, -0.2) is 4.98 Å². The number of amides is 1. The fraction of sp³-hybridized carbons (Fsp3) is 0.429. The third-order valence-corrected chi connectivity index (χ3v) is 4.93. The van der Waals surface area contributed by atoms with Crippen LogP contribution in [-0.4, -0.2) is 35.4 Å². The van der Waals surface area contributed by atoms with E-state index < -0.39 is 0 Å². The van der Waals surface area contributed by atoms with E-state index in [0.717, 1.165) is 49.4 Å². The highest BCUT2D eigenvalue weighted by atomic mass is 16.5. The molecule has 1 aliphatic rings. The minimum Gasteiger partial charge on any atom is -0.438 e. The number of hydrogen-bond donors (Lipinski definition) is 1. The van der Waals surface area contributed by atoms with Gasteiger partial charge in [0.2, 0.25) is 11.8 Å². The number of hydrogen-bond acceptors (Lipinski definition) is 4. The smallest absolute Gasteiger partial charge is 0.224 e. The molecule has 0 unspecified atom stereocenters. The van der Waals surface area contributed by atoms with Gasteiger partial charge in [-0.1, -0.05) is 31.2 Å². The number of pyridine rings is 1. The average molecular weight is 353 g/mol. The van der Waals surface area contributed by atoms with Gasteiger partial charge in [-0.15, -0.1) is 0 Å². The van der Waals surface area contributed by atoms with Crippen molar-refractivity contribution in [2.24, 2.45) is 5.92 Å². The van der Waals surface area contributed by atoms with Gasteiger partial charge < -0.3 is 15.0 Å². The van der Waals surface area contributed by atoms with Crippen molar-refractivity contribution in [3.63, 3.8) is 0 Å². The third-order valence-electron chi connectivity index (χ3n) is 4.93. The maximum atomic E-state index is 12.6. The number of para-hydroxylation sites is 1. The van der Waals surface area contributed by atoms with Gasteiger partial charge in [0.05, 0.1) is 5.92 Å². The molecule has 0 spiro atoms. The molecule has 1 aromatic carbocycles. The standard InChI is InChI=1S/C21H27N3O2/c1-3-24-13-7-10-18(15-24)20(25)23-14-17-9-6-12-22-21(17)26-19-11-5-4-8-16(19)2/h4-6,8-9,11-12,18H,3,7,10,13-15H2,1-2H3,(H,23,25)/t18-/m1/s1. The Hall–Kier alpha value is -2.40. The summed E-state index contributed by atoms with van der Waals surface area (Å²) >= 11 is 0. The maximum Gasteiger partial charge on any atom is 0.224 e. The first kappa shape index (κ1) is 18.4. The van der Waals surface area contributed by atoms with E-state index in [9.17, 15) is 4.79 Å². The Morgan fingerprint density at radius 2 is 2.15 bits per heavy atom. The summed E-state index contributed by atoms with van der Waals surface area (Å²) in [7, 11) is 0. The van der Waals surface area contributed by atoms with E-state index in [2.05, 4.69) is 22.1 Å². The van der Waals surface area contributed by atoms with E-state index in [1.807, 2.05) is 43.3 Å². The Morgan fingerprint density at radius 1 is 1.31 bits per heavy atom. The molecule has 1 atom stereocenters. The highest BCUT2D eigenvalue weighted by Crippen LogP contribution is 2.26. The number of carbonyl (C=O) groups is 1. The Kier molecular flexibility index (Phi) is 6.23. The predicted octanol–water partition coefficient (Wildman–Crippen LogP) is 3.53. The van der Waals surface area contributed by atoms with Gasteiger partial charge in [-0.2, -0.15) is 0 Å². The molecule has 0 saturated carbocycles. The van der Waals surface area contributed by atoms with Crippen LogP contribution in [0.15, 0.2) is 42.6 Å². The molecule has 1 saturated heterocycles. The van der Waals surface area contributed by atoms with Crippen LogP contribution in [0.3, 0.4) is 0 Å². The van der Waals surface area contributed by atoms with E-state index in [1.54, 1.807) is 6.20 Å². The number of aryl methyl sites for hydroxylation is 1. The van der Waals surface area contributed by atoms with Crippen molar-refractivity contribution < 1.29 is 9.53 Å². The number of ether oxygens (including phenoxy) is 1. The van der Waals surface area contributed by atoms with Crippen molar-refractivity contribution in [2.45, 2.75) is 33.2 Å². The topological polar surface area (TPSA) is 54.5 Å². The van der Waals surface area contributed by atoms with Gasteiger partial charge >= 0.3 is 0 Å². The SMILES string of the molecule is CCN1CCC[C@@H](C(=O)NCc2cccnc2Oc2ccccc2C)C1. The fourth-order valence-electron chi connectivity index (χ4n) is 3.31. The number of likely N-dealkylation sites (tertiary alicyclic amines) is 1. The van der Waals surface area contributed by atoms with Crippen molar-refractivity contribution in [2.75, 3.05) is 19.6 Å². The van der Waals surface area contributed by atoms with Crippen LogP contribution in [0.5, 0.6) is 11.6 Å². The van der Waals surface area contributed by atoms with Crippen molar-refractivity contribution in [3.8, 4) is 11.6 Å². The van der Waals surface area contributed by atoms with Crippen LogP contribution in [0.4, 0.5) is 0 Å². The van der Waals surface area contributed by atoms with Gasteiger partial charge in [0, 0.05) is 24.8 Å². The molecule has 138 valence electrons. The quantitative estimate of drug-likeness (QED) is 0.863. The summed E-state index contributed by atoms with van der Waals surface area (Å²) < 4.78 is 5.98. The van der Waals surface area contributed by atoms with Gasteiger partial charge in [0.15, 0.2) is 0 Å². The van der Waals surface area contributed by atoms with Crippen molar-refractivity contribution in [1.82, 2.24) is 15.2 Å². The molecule has 5 heteroatoms. The molecule has 2 aromatic rings. The van der Waals surface area contributed by atoms with E-state index in [0.29, 0.717) is 12.4 Å². The number of benzene rings is 1. The summed E-state index contributed by atoms with van der Waals surface area (Å²) in [5.41, 5.74) is 1.93. The number of rotatable bonds is 6. The molecule has 0 aliphatic carbocycles. The Morgan fingerprint density at radius 3 is 2.96 bits per heavy atom. The summed E-state index contributed by atoms with van der Waals surface area (Å²) in [5.74, 6) is 1.51. The van der Waals surface area contributed by atoms with Gasteiger partial charge in [0.1, 0.15) is 5.75 Å². The van der Waals surface area contributed by atoms with Gasteiger partial charge in [0.25, 0.3) is 0 Å². The summed E-state index contributed by atoms with van der Waals surface area (Å²) in [6, 6.07) is 11.7. The molecule has 1 N–H and O–H groups in total. The van der Waals surface area contributed by atoms with Crippen LogP contribution in [0.1, 0.15) is 30.9 Å². The maximum absolute atomic E-state index is 12.6. The zero-order valence-electron chi connectivity index (χ0n) is 15.6. The van der Waals surface area contributed by atoms with Crippen LogP contribution in [0, 0.1) is 12.8 Å². The zero-order valence-corrected chi connectivity index (χ0v) is 15.6. The minimum absolute atomic E-state index is 0.0705. The number of nitrogens with zero attached hydrogens (tertiary/aromatic N) is 2. The lowest BCUT2D eigenvalue weighted by Crippen LogP contribution is -2.42. The monoisotopic (exact) mass is 353 g/mol. The van der Waals surface area contributed by atoms with Crippen LogP contribution in [-0.2, 0) is 11.3 Å². The Balaban J connectivity index is 1.63. The average Bonchev–Trinajstić information content (AvgIpc) is 2.69. The summed E-state index contributed by atoms with van der Waals surface area (Å²) in [6.45, 7) is 7.52. The summed E-state index contributed by atoms with van der Waals surface area (Å²) in [4.78, 5) is 19.2. The molecule has 0 radical (unpaired) electrons. The molecule has 0 bridgehead atoms. The molecule has 1 amide bonds. The second-order valence-corrected chi connectivity index (χ2v) is 6.79. The van der Waals surface area contributed by atoms with Crippen molar-refractivity contribution in [1.29, 1.82) is 0 Å². The van der Waals surface area contributed by atoms with Gasteiger partial charge in [-0.3, -0.25) is 4.79 Å². The highest BCUT2D eigenvalue weighted by molar-refractivity contribution is 5.79. The molecule has 3 rings (SSSR count). The highest BCUT2D eigenvalue weighted by Gasteiger charge is 2.24. The van der Waals surface area contributed by atoms with E-state index in [1.165, 1.54) is 0 Å². The largest absolute Gasteiger partial charge is 0.438 e. The molecule has 2 heterocycles. The number of carbonyl (C=O) groups excluding carboxylic acids is 1. The summed E-state index contributed by atoms with van der Waals surface area (Å²) in [6.07, 6.45) is 3.75. The molecule has 1 aliphatic heterocycles. The van der Waals surface area contributed by atoms with Crippen LogP contribution in [0.2, 0.25) is 0 Å². The second-order valence-electron chi connectivity index (χ2n) is 6.79. The number of piperidine rings is 1. The molecular weight excluding hydrogens is 326 g/mol. The summed E-state index contributed by atoms with van der Waals surface area (Å²) in [5, 5.41) is 3.07. The fourth-order valence-corrected chi connectivity index (χ4v) is 3.31. The number of nitrogens with one attached hydrogen (secondary N) is 1. The van der Waals surface area contributed by atoms with E-state index in [4.69, 9.17) is 4.74 Å².